The van der Waals surface area contributed by atoms with Gasteiger partial charge in [0, 0.05) is 17.5 Å². The predicted octanol–water partition coefficient (Wildman–Crippen LogP) is 3.48. The molecule has 2 aromatic rings. The van der Waals surface area contributed by atoms with E-state index in [1.165, 1.54) is 22.3 Å². The summed E-state index contributed by atoms with van der Waals surface area (Å²) < 4.78 is 5.73. The molecule has 0 aromatic heterocycles. The fraction of sp³-hybridized carbons (Fsp3) is 0.294. The summed E-state index contributed by atoms with van der Waals surface area (Å²) in [5.74, 6) is 1.23. The molecule has 0 saturated carbocycles. The summed E-state index contributed by atoms with van der Waals surface area (Å²) >= 11 is 0. The van der Waals surface area contributed by atoms with Gasteiger partial charge in [0.05, 0.1) is 6.61 Å². The molecule has 0 aliphatic carbocycles. The average Bonchev–Trinajstić information content (AvgIpc) is 2.80. The van der Waals surface area contributed by atoms with Crippen molar-refractivity contribution < 1.29 is 4.74 Å². The molecule has 0 spiro atoms. The topological polar surface area (TPSA) is 35.2 Å². The van der Waals surface area contributed by atoms with Crippen molar-refractivity contribution in [2.75, 3.05) is 6.61 Å². The number of para-hydroxylation sites is 1. The van der Waals surface area contributed by atoms with Gasteiger partial charge in [-0.05, 0) is 25.5 Å². The first kappa shape index (κ1) is 12.2. The maximum atomic E-state index is 6.47. The second-order valence-electron chi connectivity index (χ2n) is 5.40. The summed E-state index contributed by atoms with van der Waals surface area (Å²) in [6.07, 6.45) is 0. The van der Waals surface area contributed by atoms with E-state index in [-0.39, 0.29) is 12.0 Å². The van der Waals surface area contributed by atoms with E-state index in [1.807, 2.05) is 12.1 Å². The molecule has 2 heteroatoms. The van der Waals surface area contributed by atoms with Crippen LogP contribution in [0.25, 0.3) is 0 Å². The van der Waals surface area contributed by atoms with Crippen molar-refractivity contribution in [3.63, 3.8) is 0 Å². The van der Waals surface area contributed by atoms with Crippen LogP contribution in [0.5, 0.6) is 5.75 Å². The first-order chi connectivity index (χ1) is 9.15. The van der Waals surface area contributed by atoms with Crippen molar-refractivity contribution in [1.82, 2.24) is 0 Å². The molecule has 1 heterocycles. The van der Waals surface area contributed by atoms with Crippen LogP contribution in [0.4, 0.5) is 0 Å². The predicted molar refractivity (Wildman–Crippen MR) is 77.5 cm³/mol. The third-order valence-corrected chi connectivity index (χ3v) is 3.80. The summed E-state index contributed by atoms with van der Waals surface area (Å²) in [6, 6.07) is 14.7. The summed E-state index contributed by atoms with van der Waals surface area (Å²) in [4.78, 5) is 0. The number of aryl methyl sites for hydroxylation is 2. The molecular formula is C17H19NO. The third-order valence-electron chi connectivity index (χ3n) is 3.80. The van der Waals surface area contributed by atoms with E-state index in [2.05, 4.69) is 44.2 Å². The van der Waals surface area contributed by atoms with Gasteiger partial charge in [-0.2, -0.15) is 0 Å². The Hall–Kier alpha value is -1.80. The summed E-state index contributed by atoms with van der Waals surface area (Å²) in [7, 11) is 0. The number of rotatable bonds is 2. The smallest absolute Gasteiger partial charge is 0.122 e. The van der Waals surface area contributed by atoms with Gasteiger partial charge in [0.1, 0.15) is 5.75 Å². The minimum atomic E-state index is -0.0118. The summed E-state index contributed by atoms with van der Waals surface area (Å²) in [5.41, 5.74) is 11.4. The van der Waals surface area contributed by atoms with E-state index in [0.29, 0.717) is 6.61 Å². The van der Waals surface area contributed by atoms with Crippen molar-refractivity contribution in [2.45, 2.75) is 25.8 Å². The van der Waals surface area contributed by atoms with E-state index < -0.39 is 0 Å². The van der Waals surface area contributed by atoms with Gasteiger partial charge in [0.2, 0.25) is 0 Å². The SMILES string of the molecule is Cc1cc(C)cc(C(N)C2COc3ccccc32)c1. The summed E-state index contributed by atoms with van der Waals surface area (Å²) in [5, 5.41) is 0. The van der Waals surface area contributed by atoms with E-state index >= 15 is 0 Å². The highest BCUT2D eigenvalue weighted by molar-refractivity contribution is 5.42. The maximum Gasteiger partial charge on any atom is 0.122 e. The minimum absolute atomic E-state index is 0.0118. The number of benzene rings is 2. The highest BCUT2D eigenvalue weighted by atomic mass is 16.5. The van der Waals surface area contributed by atoms with Gasteiger partial charge < -0.3 is 10.5 Å². The van der Waals surface area contributed by atoms with E-state index in [0.717, 1.165) is 5.75 Å². The first-order valence-corrected chi connectivity index (χ1v) is 6.70. The fourth-order valence-electron chi connectivity index (χ4n) is 2.92. The van der Waals surface area contributed by atoms with Crippen LogP contribution >= 0.6 is 0 Å². The Morgan fingerprint density at radius 3 is 2.53 bits per heavy atom. The minimum Gasteiger partial charge on any atom is -0.493 e. The quantitative estimate of drug-likeness (QED) is 0.889. The molecule has 2 N–H and O–H groups in total. The molecule has 1 aliphatic heterocycles. The lowest BCUT2D eigenvalue weighted by atomic mass is 9.88. The van der Waals surface area contributed by atoms with Gasteiger partial charge in [-0.3, -0.25) is 0 Å². The number of fused-ring (bicyclic) bond motifs is 1. The Balaban J connectivity index is 1.95. The van der Waals surface area contributed by atoms with Crippen LogP contribution in [-0.2, 0) is 0 Å². The van der Waals surface area contributed by atoms with E-state index in [1.54, 1.807) is 0 Å². The lowest BCUT2D eigenvalue weighted by Crippen LogP contribution is -2.21. The maximum absolute atomic E-state index is 6.47. The van der Waals surface area contributed by atoms with Crippen LogP contribution in [0.2, 0.25) is 0 Å². The van der Waals surface area contributed by atoms with Crippen molar-refractivity contribution >= 4 is 0 Å². The monoisotopic (exact) mass is 253 g/mol. The lowest BCUT2D eigenvalue weighted by molar-refractivity contribution is 0.315. The Morgan fingerprint density at radius 2 is 1.79 bits per heavy atom. The van der Waals surface area contributed by atoms with Gasteiger partial charge in [0.15, 0.2) is 0 Å². The molecule has 3 rings (SSSR count). The second-order valence-corrected chi connectivity index (χ2v) is 5.40. The van der Waals surface area contributed by atoms with Crippen molar-refractivity contribution in [2.24, 2.45) is 5.73 Å². The molecule has 19 heavy (non-hydrogen) atoms. The number of nitrogens with two attached hydrogens (primary N) is 1. The number of hydrogen-bond donors (Lipinski definition) is 1. The summed E-state index contributed by atoms with van der Waals surface area (Å²) in [6.45, 7) is 4.90. The van der Waals surface area contributed by atoms with Gasteiger partial charge >= 0.3 is 0 Å². The molecule has 0 fully saturated rings. The normalized spacial score (nSPS) is 18.8. The molecule has 2 unspecified atom stereocenters. The van der Waals surface area contributed by atoms with Gasteiger partial charge in [0.25, 0.3) is 0 Å². The van der Waals surface area contributed by atoms with Crippen LogP contribution in [0.15, 0.2) is 42.5 Å². The Kier molecular flexibility index (Phi) is 3.03. The van der Waals surface area contributed by atoms with E-state index in [9.17, 15) is 0 Å². The molecule has 1 aliphatic rings. The zero-order valence-electron chi connectivity index (χ0n) is 11.4. The largest absolute Gasteiger partial charge is 0.493 e. The van der Waals surface area contributed by atoms with Gasteiger partial charge in [-0.1, -0.05) is 47.5 Å². The molecule has 0 bridgehead atoms. The zero-order valence-corrected chi connectivity index (χ0v) is 11.4. The van der Waals surface area contributed by atoms with Crippen molar-refractivity contribution in [3.05, 3.63) is 64.7 Å². The fourth-order valence-corrected chi connectivity index (χ4v) is 2.92. The zero-order chi connectivity index (χ0) is 13.4. The van der Waals surface area contributed by atoms with E-state index in [4.69, 9.17) is 10.5 Å². The van der Waals surface area contributed by atoms with Crippen molar-refractivity contribution in [1.29, 1.82) is 0 Å². The van der Waals surface area contributed by atoms with Crippen LogP contribution in [0.1, 0.15) is 34.2 Å². The molecule has 2 nitrogen and oxygen atoms in total. The average molecular weight is 253 g/mol. The van der Waals surface area contributed by atoms with Crippen LogP contribution in [0.3, 0.4) is 0 Å². The van der Waals surface area contributed by atoms with Crippen LogP contribution in [0, 0.1) is 13.8 Å². The molecule has 0 saturated heterocycles. The molecular weight excluding hydrogens is 234 g/mol. The van der Waals surface area contributed by atoms with Crippen molar-refractivity contribution in [3.8, 4) is 5.75 Å². The Bertz CT molecular complexity index is 586. The standard InChI is InChI=1S/C17H19NO/c1-11-7-12(2)9-13(8-11)17(18)15-10-19-16-6-4-3-5-14(15)16/h3-9,15,17H,10,18H2,1-2H3. The third kappa shape index (κ3) is 2.24. The van der Waals surface area contributed by atoms with Gasteiger partial charge in [-0.25, -0.2) is 0 Å². The second kappa shape index (κ2) is 4.71. The number of ether oxygens (including phenoxy) is 1. The Morgan fingerprint density at radius 1 is 1.11 bits per heavy atom. The molecule has 2 atom stereocenters. The molecule has 98 valence electrons. The molecule has 2 aromatic carbocycles. The lowest BCUT2D eigenvalue weighted by Gasteiger charge is -2.19. The Labute approximate surface area is 114 Å². The number of hydrogen-bond acceptors (Lipinski definition) is 2. The molecule has 0 radical (unpaired) electrons. The van der Waals surface area contributed by atoms with Gasteiger partial charge in [-0.15, -0.1) is 0 Å². The highest BCUT2D eigenvalue weighted by Gasteiger charge is 2.29. The highest BCUT2D eigenvalue weighted by Crippen LogP contribution is 2.40. The van der Waals surface area contributed by atoms with Crippen LogP contribution in [-0.4, -0.2) is 6.61 Å². The van der Waals surface area contributed by atoms with Crippen LogP contribution < -0.4 is 10.5 Å². The first-order valence-electron chi connectivity index (χ1n) is 6.70. The molecule has 0 amide bonds.